The second kappa shape index (κ2) is 5.29. The van der Waals surface area contributed by atoms with Gasteiger partial charge in [-0.1, -0.05) is 36.4 Å². The number of rotatable bonds is 2. The van der Waals surface area contributed by atoms with E-state index in [0.717, 1.165) is 16.8 Å². The molecule has 3 rings (SSSR count). The monoisotopic (exact) mass is 304 g/mol. The second-order valence-electron chi connectivity index (χ2n) is 4.68. The van der Waals surface area contributed by atoms with E-state index in [2.05, 4.69) is 9.97 Å². The van der Waals surface area contributed by atoms with Crippen LogP contribution in [-0.4, -0.2) is 17.1 Å². The molecule has 0 bridgehead atoms. The second-order valence-corrected chi connectivity index (χ2v) is 4.68. The largest absolute Gasteiger partial charge is 0.467 e. The average Bonchev–Trinajstić information content (AvgIpc) is 2.53. The van der Waals surface area contributed by atoms with Crippen molar-refractivity contribution in [1.29, 1.82) is 0 Å². The first-order chi connectivity index (χ1) is 10.5. The van der Waals surface area contributed by atoms with Gasteiger partial charge in [0.1, 0.15) is 0 Å². The highest BCUT2D eigenvalue weighted by Crippen LogP contribution is 2.32. The van der Waals surface area contributed by atoms with Crippen molar-refractivity contribution >= 4 is 10.8 Å². The van der Waals surface area contributed by atoms with Crippen LogP contribution in [0.15, 0.2) is 48.5 Å². The summed E-state index contributed by atoms with van der Waals surface area (Å²) in [4.78, 5) is 7.36. The Hall–Kier alpha value is -2.63. The van der Waals surface area contributed by atoms with Gasteiger partial charge in [0.15, 0.2) is 5.69 Å². The number of hydrogen-bond donors (Lipinski definition) is 0. The van der Waals surface area contributed by atoms with Crippen molar-refractivity contribution in [2.45, 2.75) is 6.18 Å². The Morgan fingerprint density at radius 3 is 2.32 bits per heavy atom. The maximum atomic E-state index is 12.9. The van der Waals surface area contributed by atoms with Crippen molar-refractivity contribution in [2.24, 2.45) is 0 Å². The van der Waals surface area contributed by atoms with E-state index in [1.807, 2.05) is 30.3 Å². The maximum absolute atomic E-state index is 12.9. The number of benzene rings is 2. The molecule has 3 nitrogen and oxygen atoms in total. The van der Waals surface area contributed by atoms with E-state index in [4.69, 9.17) is 4.74 Å². The van der Waals surface area contributed by atoms with Gasteiger partial charge in [-0.3, -0.25) is 0 Å². The zero-order chi connectivity index (χ0) is 15.7. The third-order valence-electron chi connectivity index (χ3n) is 3.22. The molecule has 22 heavy (non-hydrogen) atoms. The summed E-state index contributed by atoms with van der Waals surface area (Å²) in [6.07, 6.45) is -4.55. The molecule has 112 valence electrons. The van der Waals surface area contributed by atoms with Crippen LogP contribution in [-0.2, 0) is 6.18 Å². The molecule has 1 aromatic heterocycles. The minimum atomic E-state index is -4.55. The lowest BCUT2D eigenvalue weighted by atomic mass is 10.0. The van der Waals surface area contributed by atoms with Gasteiger partial charge in [0.25, 0.3) is 0 Å². The van der Waals surface area contributed by atoms with Gasteiger partial charge < -0.3 is 4.74 Å². The Kier molecular flexibility index (Phi) is 3.44. The Bertz CT molecular complexity index is 831. The fourth-order valence-corrected chi connectivity index (χ4v) is 2.16. The molecule has 0 amide bonds. The first-order valence-corrected chi connectivity index (χ1v) is 6.47. The van der Waals surface area contributed by atoms with Crippen molar-refractivity contribution in [2.75, 3.05) is 7.11 Å². The predicted molar refractivity (Wildman–Crippen MR) is 76.5 cm³/mol. The molecule has 1 heterocycles. The number of aromatic nitrogens is 2. The number of halogens is 3. The van der Waals surface area contributed by atoms with Gasteiger partial charge in [0, 0.05) is 5.56 Å². The smallest absolute Gasteiger partial charge is 0.433 e. The standard InChI is InChI=1S/C16H11F3N2O/c1-22-15-20-13(9-14(21-15)16(17,18)19)12-7-6-10-4-2-3-5-11(10)8-12/h2-9H,1H3. The quantitative estimate of drug-likeness (QED) is 0.707. The van der Waals surface area contributed by atoms with Gasteiger partial charge in [0.05, 0.1) is 12.8 Å². The minimum absolute atomic E-state index is 0.171. The molecule has 0 saturated heterocycles. The highest BCUT2D eigenvalue weighted by atomic mass is 19.4. The van der Waals surface area contributed by atoms with Crippen molar-refractivity contribution in [3.8, 4) is 17.3 Å². The summed E-state index contributed by atoms with van der Waals surface area (Å²) in [5.74, 6) is 0. The van der Waals surface area contributed by atoms with Gasteiger partial charge in [-0.2, -0.15) is 23.1 Å². The molecule has 0 aliphatic heterocycles. The number of ether oxygens (including phenoxy) is 1. The molecule has 3 aromatic rings. The third kappa shape index (κ3) is 2.72. The average molecular weight is 304 g/mol. The van der Waals surface area contributed by atoms with E-state index in [1.165, 1.54) is 7.11 Å². The number of nitrogens with zero attached hydrogens (tertiary/aromatic N) is 2. The normalized spacial score (nSPS) is 11.6. The zero-order valence-corrected chi connectivity index (χ0v) is 11.6. The molecule has 0 spiro atoms. The summed E-state index contributed by atoms with van der Waals surface area (Å²) >= 11 is 0. The Balaban J connectivity index is 2.16. The fraction of sp³-hybridized carbons (Fsp3) is 0.125. The van der Waals surface area contributed by atoms with Crippen LogP contribution in [0.5, 0.6) is 6.01 Å². The topological polar surface area (TPSA) is 35.0 Å². The van der Waals surface area contributed by atoms with Gasteiger partial charge >= 0.3 is 12.2 Å². The molecular formula is C16H11F3N2O. The van der Waals surface area contributed by atoms with E-state index < -0.39 is 11.9 Å². The lowest BCUT2D eigenvalue weighted by molar-refractivity contribution is -0.141. The van der Waals surface area contributed by atoms with Crippen LogP contribution in [0.1, 0.15) is 5.69 Å². The Labute approximate surface area is 124 Å². The van der Waals surface area contributed by atoms with Crippen LogP contribution >= 0.6 is 0 Å². The van der Waals surface area contributed by atoms with Crippen molar-refractivity contribution < 1.29 is 17.9 Å². The summed E-state index contributed by atoms with van der Waals surface area (Å²) < 4.78 is 43.5. The lowest BCUT2D eigenvalue weighted by Crippen LogP contribution is -2.10. The summed E-state index contributed by atoms with van der Waals surface area (Å²) in [6, 6.07) is 13.6. The molecule has 0 atom stereocenters. The SMILES string of the molecule is COc1nc(-c2ccc3ccccc3c2)cc(C(F)(F)F)n1. The van der Waals surface area contributed by atoms with Crippen LogP contribution < -0.4 is 4.74 Å². The van der Waals surface area contributed by atoms with E-state index in [9.17, 15) is 13.2 Å². The van der Waals surface area contributed by atoms with Crippen LogP contribution in [0.2, 0.25) is 0 Å². The molecule has 0 fully saturated rings. The predicted octanol–water partition coefficient (Wildman–Crippen LogP) is 4.32. The first-order valence-electron chi connectivity index (χ1n) is 6.47. The lowest BCUT2D eigenvalue weighted by Gasteiger charge is -2.10. The van der Waals surface area contributed by atoms with E-state index in [-0.39, 0.29) is 11.7 Å². The summed E-state index contributed by atoms with van der Waals surface area (Å²) in [5.41, 5.74) is -0.280. The highest BCUT2D eigenvalue weighted by Gasteiger charge is 2.34. The number of alkyl halides is 3. The molecule has 0 unspecified atom stereocenters. The first kappa shape index (κ1) is 14.3. The molecular weight excluding hydrogens is 293 g/mol. The van der Waals surface area contributed by atoms with Crippen LogP contribution in [0.4, 0.5) is 13.2 Å². The molecule has 0 saturated carbocycles. The number of fused-ring (bicyclic) bond motifs is 1. The van der Waals surface area contributed by atoms with Crippen LogP contribution in [0.25, 0.3) is 22.0 Å². The molecule has 0 aliphatic carbocycles. The summed E-state index contributed by atoms with van der Waals surface area (Å²) in [7, 11) is 1.24. The Morgan fingerprint density at radius 2 is 1.64 bits per heavy atom. The van der Waals surface area contributed by atoms with Crippen LogP contribution in [0.3, 0.4) is 0 Å². The van der Waals surface area contributed by atoms with E-state index >= 15 is 0 Å². The van der Waals surface area contributed by atoms with Gasteiger partial charge in [-0.25, -0.2) is 0 Å². The maximum Gasteiger partial charge on any atom is 0.433 e. The van der Waals surface area contributed by atoms with Crippen molar-refractivity contribution in [3.05, 3.63) is 54.2 Å². The Morgan fingerprint density at radius 1 is 0.909 bits per heavy atom. The minimum Gasteiger partial charge on any atom is -0.467 e. The van der Waals surface area contributed by atoms with E-state index in [0.29, 0.717) is 5.56 Å². The van der Waals surface area contributed by atoms with Crippen molar-refractivity contribution in [3.63, 3.8) is 0 Å². The molecule has 0 aliphatic rings. The fourth-order valence-electron chi connectivity index (χ4n) is 2.16. The van der Waals surface area contributed by atoms with Crippen molar-refractivity contribution in [1.82, 2.24) is 9.97 Å². The molecule has 0 N–H and O–H groups in total. The summed E-state index contributed by atoms with van der Waals surface area (Å²) in [6.45, 7) is 0. The third-order valence-corrected chi connectivity index (χ3v) is 3.22. The van der Waals surface area contributed by atoms with Gasteiger partial charge in [-0.05, 0) is 22.9 Å². The summed E-state index contributed by atoms with van der Waals surface area (Å²) in [5, 5.41) is 1.93. The molecule has 0 radical (unpaired) electrons. The van der Waals surface area contributed by atoms with Crippen LogP contribution in [0, 0.1) is 0 Å². The van der Waals surface area contributed by atoms with E-state index in [1.54, 1.807) is 12.1 Å². The zero-order valence-electron chi connectivity index (χ0n) is 11.6. The van der Waals surface area contributed by atoms with Gasteiger partial charge in [0.2, 0.25) is 0 Å². The molecule has 6 heteroatoms. The molecule has 2 aromatic carbocycles. The number of methoxy groups -OCH3 is 1. The van der Waals surface area contributed by atoms with Gasteiger partial charge in [-0.15, -0.1) is 0 Å². The number of hydrogen-bond acceptors (Lipinski definition) is 3. The highest BCUT2D eigenvalue weighted by molar-refractivity contribution is 5.86.